The van der Waals surface area contributed by atoms with Gasteiger partial charge in [0.25, 0.3) is 0 Å². The second-order valence-electron chi connectivity index (χ2n) is 4.37. The Bertz CT molecular complexity index is 167. The van der Waals surface area contributed by atoms with Gasteiger partial charge in [0.05, 0.1) is 5.60 Å². The third-order valence-electron chi connectivity index (χ3n) is 3.22. The Hall–Kier alpha value is 0.310. The van der Waals surface area contributed by atoms with E-state index in [1.807, 2.05) is 11.8 Å². The first-order valence-electron chi connectivity index (χ1n) is 5.05. The molecule has 1 nitrogen and oxygen atoms in total. The Labute approximate surface area is 78.9 Å². The molecule has 0 aromatic heterocycles. The molecule has 2 atom stereocenters. The Morgan fingerprint density at radius 3 is 2.83 bits per heavy atom. The van der Waals surface area contributed by atoms with Crippen LogP contribution < -0.4 is 0 Å². The summed E-state index contributed by atoms with van der Waals surface area (Å²) < 4.78 is 0. The quantitative estimate of drug-likeness (QED) is 0.715. The Morgan fingerprint density at radius 2 is 2.25 bits per heavy atom. The number of rotatable bonds is 2. The van der Waals surface area contributed by atoms with Gasteiger partial charge in [-0.2, -0.15) is 11.8 Å². The van der Waals surface area contributed by atoms with Crippen molar-refractivity contribution in [1.29, 1.82) is 0 Å². The van der Waals surface area contributed by atoms with Crippen LogP contribution in [0, 0.1) is 5.92 Å². The molecule has 2 rings (SSSR count). The van der Waals surface area contributed by atoms with Crippen molar-refractivity contribution < 1.29 is 5.11 Å². The summed E-state index contributed by atoms with van der Waals surface area (Å²) in [7, 11) is 0. The van der Waals surface area contributed by atoms with Gasteiger partial charge in [-0.1, -0.05) is 19.8 Å². The molecule has 0 aromatic rings. The summed E-state index contributed by atoms with van der Waals surface area (Å²) in [6, 6.07) is 0. The number of thioether (sulfide) groups is 1. The lowest BCUT2D eigenvalue weighted by atomic mass is 9.88. The highest BCUT2D eigenvalue weighted by Crippen LogP contribution is 2.44. The molecule has 0 spiro atoms. The number of hydrogen-bond donors (Lipinski definition) is 1. The minimum atomic E-state index is -0.315. The lowest BCUT2D eigenvalue weighted by Crippen LogP contribution is -2.42. The molecule has 1 saturated carbocycles. The van der Waals surface area contributed by atoms with E-state index < -0.39 is 0 Å². The predicted octanol–water partition coefficient (Wildman–Crippen LogP) is 2.43. The van der Waals surface area contributed by atoms with E-state index in [-0.39, 0.29) is 5.60 Å². The maximum atomic E-state index is 10.3. The van der Waals surface area contributed by atoms with Crippen LogP contribution in [0.3, 0.4) is 0 Å². The molecular weight excluding hydrogens is 168 g/mol. The van der Waals surface area contributed by atoms with E-state index in [0.717, 1.165) is 18.8 Å². The van der Waals surface area contributed by atoms with Crippen LogP contribution in [0.1, 0.15) is 39.0 Å². The second-order valence-corrected chi connectivity index (χ2v) is 5.82. The van der Waals surface area contributed by atoms with E-state index in [4.69, 9.17) is 0 Å². The molecular formula is C10H18OS. The van der Waals surface area contributed by atoms with E-state index in [9.17, 15) is 5.11 Å². The van der Waals surface area contributed by atoms with Gasteiger partial charge in [-0.05, 0) is 30.9 Å². The molecule has 1 heterocycles. The maximum absolute atomic E-state index is 10.3. The highest BCUT2D eigenvalue weighted by molar-refractivity contribution is 8.00. The average molecular weight is 186 g/mol. The van der Waals surface area contributed by atoms with Crippen LogP contribution in [0.2, 0.25) is 0 Å². The van der Waals surface area contributed by atoms with Crippen LogP contribution in [0.5, 0.6) is 0 Å². The first kappa shape index (κ1) is 8.89. The summed E-state index contributed by atoms with van der Waals surface area (Å²) in [5.74, 6) is 2.10. The van der Waals surface area contributed by atoms with Crippen molar-refractivity contribution in [3.63, 3.8) is 0 Å². The molecule has 1 saturated heterocycles. The van der Waals surface area contributed by atoms with Gasteiger partial charge in [-0.3, -0.25) is 0 Å². The fraction of sp³-hybridized carbons (Fsp3) is 1.00. The first-order chi connectivity index (χ1) is 5.71. The van der Waals surface area contributed by atoms with Crippen LogP contribution in [-0.2, 0) is 0 Å². The van der Waals surface area contributed by atoms with E-state index in [0.29, 0.717) is 5.25 Å². The number of hydrogen-bond acceptors (Lipinski definition) is 2. The summed E-state index contributed by atoms with van der Waals surface area (Å²) in [6.45, 7) is 2.19. The van der Waals surface area contributed by atoms with Gasteiger partial charge in [0.15, 0.2) is 0 Å². The van der Waals surface area contributed by atoms with Crippen LogP contribution in [-0.4, -0.2) is 21.7 Å². The summed E-state index contributed by atoms with van der Waals surface area (Å²) >= 11 is 1.94. The van der Waals surface area contributed by atoms with Crippen molar-refractivity contribution in [2.75, 3.05) is 5.75 Å². The lowest BCUT2D eigenvalue weighted by Gasteiger charge is -2.37. The van der Waals surface area contributed by atoms with E-state index in [1.165, 1.54) is 25.0 Å². The first-order valence-corrected chi connectivity index (χ1v) is 6.09. The van der Waals surface area contributed by atoms with E-state index in [1.54, 1.807) is 0 Å². The average Bonchev–Trinajstić information content (AvgIpc) is 2.79. The fourth-order valence-electron chi connectivity index (χ4n) is 2.09. The van der Waals surface area contributed by atoms with Gasteiger partial charge in [0.1, 0.15) is 0 Å². The fourth-order valence-corrected chi connectivity index (χ4v) is 3.28. The van der Waals surface area contributed by atoms with E-state index in [2.05, 4.69) is 6.92 Å². The third kappa shape index (κ3) is 1.80. The van der Waals surface area contributed by atoms with Gasteiger partial charge in [-0.15, -0.1) is 0 Å². The van der Waals surface area contributed by atoms with Crippen molar-refractivity contribution in [3.05, 3.63) is 0 Å². The third-order valence-corrected chi connectivity index (χ3v) is 4.68. The smallest absolute Gasteiger partial charge is 0.0766 e. The van der Waals surface area contributed by atoms with Crippen molar-refractivity contribution in [2.45, 2.75) is 49.9 Å². The molecule has 1 aliphatic heterocycles. The molecule has 1 N–H and O–H groups in total. The molecule has 0 radical (unpaired) electrons. The highest BCUT2D eigenvalue weighted by Gasteiger charge is 2.40. The Balaban J connectivity index is 1.94. The topological polar surface area (TPSA) is 20.2 Å². The van der Waals surface area contributed by atoms with Crippen LogP contribution in [0.25, 0.3) is 0 Å². The normalized spacial score (nSPS) is 43.0. The number of aliphatic hydroxyl groups is 1. The van der Waals surface area contributed by atoms with E-state index >= 15 is 0 Å². The predicted molar refractivity (Wildman–Crippen MR) is 53.4 cm³/mol. The summed E-state index contributed by atoms with van der Waals surface area (Å²) in [5.41, 5.74) is -0.315. The SMILES string of the molecule is CC1SCCCC1(O)CC1CC1. The van der Waals surface area contributed by atoms with Crippen LogP contribution in [0.15, 0.2) is 0 Å². The Morgan fingerprint density at radius 1 is 1.50 bits per heavy atom. The summed E-state index contributed by atoms with van der Waals surface area (Å²) in [4.78, 5) is 0. The highest BCUT2D eigenvalue weighted by atomic mass is 32.2. The van der Waals surface area contributed by atoms with Crippen molar-refractivity contribution in [1.82, 2.24) is 0 Å². The largest absolute Gasteiger partial charge is 0.389 e. The maximum Gasteiger partial charge on any atom is 0.0766 e. The van der Waals surface area contributed by atoms with Crippen molar-refractivity contribution in [2.24, 2.45) is 5.92 Å². The molecule has 0 amide bonds. The molecule has 0 bridgehead atoms. The second kappa shape index (κ2) is 3.22. The molecule has 70 valence electrons. The molecule has 1 aliphatic carbocycles. The molecule has 2 fully saturated rings. The van der Waals surface area contributed by atoms with Crippen molar-refractivity contribution in [3.8, 4) is 0 Å². The van der Waals surface area contributed by atoms with Crippen LogP contribution >= 0.6 is 11.8 Å². The van der Waals surface area contributed by atoms with Gasteiger partial charge in [-0.25, -0.2) is 0 Å². The van der Waals surface area contributed by atoms with Gasteiger partial charge >= 0.3 is 0 Å². The van der Waals surface area contributed by atoms with Crippen molar-refractivity contribution >= 4 is 11.8 Å². The minimum absolute atomic E-state index is 0.315. The van der Waals surface area contributed by atoms with Gasteiger partial charge in [0.2, 0.25) is 0 Å². The summed E-state index contributed by atoms with van der Waals surface area (Å²) in [6.07, 6.45) is 6.04. The molecule has 2 heteroatoms. The van der Waals surface area contributed by atoms with Gasteiger partial charge < -0.3 is 5.11 Å². The lowest BCUT2D eigenvalue weighted by molar-refractivity contribution is 0.0156. The zero-order chi connectivity index (χ0) is 8.60. The molecule has 12 heavy (non-hydrogen) atoms. The summed E-state index contributed by atoms with van der Waals surface area (Å²) in [5, 5.41) is 10.8. The molecule has 2 aliphatic rings. The standard InChI is InChI=1S/C10H18OS/c1-8-10(11,5-2-6-12-8)7-9-3-4-9/h8-9,11H,2-7H2,1H3. The molecule has 0 aromatic carbocycles. The zero-order valence-corrected chi connectivity index (χ0v) is 8.57. The van der Waals surface area contributed by atoms with Crippen LogP contribution in [0.4, 0.5) is 0 Å². The minimum Gasteiger partial charge on any atom is -0.389 e. The van der Waals surface area contributed by atoms with Gasteiger partial charge in [0, 0.05) is 5.25 Å². The zero-order valence-electron chi connectivity index (χ0n) is 7.75. The monoisotopic (exact) mass is 186 g/mol. The Kier molecular flexibility index (Phi) is 2.39. The molecule has 2 unspecified atom stereocenters.